The number of para-hydroxylation sites is 1. The molecule has 4 nitrogen and oxygen atoms in total. The minimum absolute atomic E-state index is 0.337. The third kappa shape index (κ3) is 3.24. The number of carboxylic acid groups (broad SMARTS) is 1. The van der Waals surface area contributed by atoms with Gasteiger partial charge in [-0.2, -0.15) is 0 Å². The zero-order chi connectivity index (χ0) is 12.0. The second kappa shape index (κ2) is 5.70. The number of carbonyl (C=O) groups excluding carboxylic acids is 1. The lowest BCUT2D eigenvalue weighted by atomic mass is 10.3. The maximum absolute atomic E-state index is 11.7. The predicted molar refractivity (Wildman–Crippen MR) is 61.2 cm³/mol. The normalized spacial score (nSPS) is 10.3. The molecule has 0 aliphatic carbocycles. The van der Waals surface area contributed by atoms with Gasteiger partial charge in [-0.1, -0.05) is 18.2 Å². The lowest BCUT2D eigenvalue weighted by Gasteiger charge is -2.18. The SMILES string of the molecule is CCN(C(=O)C=CC(=O)O)c1ccccc1. The highest BCUT2D eigenvalue weighted by Crippen LogP contribution is 2.13. The molecule has 0 aliphatic rings. The van der Waals surface area contributed by atoms with Crippen LogP contribution in [0.3, 0.4) is 0 Å². The van der Waals surface area contributed by atoms with E-state index in [1.807, 2.05) is 25.1 Å². The average molecular weight is 219 g/mol. The Morgan fingerprint density at radius 3 is 2.38 bits per heavy atom. The summed E-state index contributed by atoms with van der Waals surface area (Å²) in [5, 5.41) is 8.43. The zero-order valence-electron chi connectivity index (χ0n) is 8.96. The predicted octanol–water partition coefficient (Wildman–Crippen LogP) is 1.68. The fourth-order valence-electron chi connectivity index (χ4n) is 1.31. The van der Waals surface area contributed by atoms with Crippen molar-refractivity contribution in [2.75, 3.05) is 11.4 Å². The minimum Gasteiger partial charge on any atom is -0.478 e. The Kier molecular flexibility index (Phi) is 4.27. The van der Waals surface area contributed by atoms with Crippen molar-refractivity contribution >= 4 is 17.6 Å². The van der Waals surface area contributed by atoms with Crippen LogP contribution in [0, 0.1) is 0 Å². The Labute approximate surface area is 93.8 Å². The van der Waals surface area contributed by atoms with Crippen LogP contribution in [0.15, 0.2) is 42.5 Å². The van der Waals surface area contributed by atoms with Gasteiger partial charge in [0, 0.05) is 24.4 Å². The van der Waals surface area contributed by atoms with Crippen molar-refractivity contribution in [1.82, 2.24) is 0 Å². The van der Waals surface area contributed by atoms with E-state index in [9.17, 15) is 9.59 Å². The fourth-order valence-corrected chi connectivity index (χ4v) is 1.31. The van der Waals surface area contributed by atoms with Gasteiger partial charge in [0.15, 0.2) is 0 Å². The number of carbonyl (C=O) groups is 2. The number of hydrogen-bond donors (Lipinski definition) is 1. The molecule has 0 saturated carbocycles. The summed E-state index contributed by atoms with van der Waals surface area (Å²) in [5.41, 5.74) is 0.755. The van der Waals surface area contributed by atoms with Gasteiger partial charge in [0.1, 0.15) is 0 Å². The van der Waals surface area contributed by atoms with Crippen LogP contribution in [-0.4, -0.2) is 23.5 Å². The van der Waals surface area contributed by atoms with Gasteiger partial charge < -0.3 is 10.0 Å². The van der Waals surface area contributed by atoms with E-state index in [0.29, 0.717) is 6.54 Å². The van der Waals surface area contributed by atoms with Crippen LogP contribution in [0.5, 0.6) is 0 Å². The van der Waals surface area contributed by atoms with Crippen molar-refractivity contribution in [3.63, 3.8) is 0 Å². The van der Waals surface area contributed by atoms with Crippen molar-refractivity contribution in [3.05, 3.63) is 42.5 Å². The van der Waals surface area contributed by atoms with Crippen LogP contribution in [0.25, 0.3) is 0 Å². The van der Waals surface area contributed by atoms with Crippen molar-refractivity contribution in [3.8, 4) is 0 Å². The molecule has 84 valence electrons. The van der Waals surface area contributed by atoms with Gasteiger partial charge in [-0.15, -0.1) is 0 Å². The maximum Gasteiger partial charge on any atom is 0.328 e. The number of anilines is 1. The van der Waals surface area contributed by atoms with Crippen molar-refractivity contribution in [1.29, 1.82) is 0 Å². The first-order valence-electron chi connectivity index (χ1n) is 4.92. The van der Waals surface area contributed by atoms with Crippen molar-refractivity contribution in [2.24, 2.45) is 0 Å². The van der Waals surface area contributed by atoms with Crippen LogP contribution < -0.4 is 4.90 Å². The third-order valence-electron chi connectivity index (χ3n) is 2.02. The minimum atomic E-state index is -1.13. The van der Waals surface area contributed by atoms with Gasteiger partial charge in [0.05, 0.1) is 0 Å². The van der Waals surface area contributed by atoms with Crippen LogP contribution >= 0.6 is 0 Å². The van der Waals surface area contributed by atoms with E-state index in [1.54, 1.807) is 12.1 Å². The Hall–Kier alpha value is -2.10. The quantitative estimate of drug-likeness (QED) is 0.784. The molecule has 16 heavy (non-hydrogen) atoms. The molecular weight excluding hydrogens is 206 g/mol. The van der Waals surface area contributed by atoms with Crippen molar-refractivity contribution < 1.29 is 14.7 Å². The van der Waals surface area contributed by atoms with E-state index < -0.39 is 5.97 Å². The molecule has 0 fully saturated rings. The first-order valence-corrected chi connectivity index (χ1v) is 4.92. The lowest BCUT2D eigenvalue weighted by Crippen LogP contribution is -2.28. The largest absolute Gasteiger partial charge is 0.478 e. The highest BCUT2D eigenvalue weighted by atomic mass is 16.4. The van der Waals surface area contributed by atoms with E-state index in [4.69, 9.17) is 5.11 Å². The van der Waals surface area contributed by atoms with Crippen LogP contribution in [0.2, 0.25) is 0 Å². The smallest absolute Gasteiger partial charge is 0.328 e. The van der Waals surface area contributed by atoms with Crippen LogP contribution in [-0.2, 0) is 9.59 Å². The summed E-state index contributed by atoms with van der Waals surface area (Å²) in [4.78, 5) is 23.4. The number of aliphatic carboxylic acids is 1. The molecule has 1 rings (SSSR count). The van der Waals surface area contributed by atoms with Gasteiger partial charge in [-0.25, -0.2) is 4.79 Å². The fraction of sp³-hybridized carbons (Fsp3) is 0.167. The first-order chi connectivity index (χ1) is 7.65. The second-order valence-electron chi connectivity index (χ2n) is 3.09. The van der Waals surface area contributed by atoms with Gasteiger partial charge in [-0.3, -0.25) is 4.79 Å². The summed E-state index contributed by atoms with van der Waals surface area (Å²) in [6, 6.07) is 9.11. The van der Waals surface area contributed by atoms with Crippen LogP contribution in [0.4, 0.5) is 5.69 Å². The molecule has 1 aromatic carbocycles. The van der Waals surface area contributed by atoms with Crippen LogP contribution in [0.1, 0.15) is 6.92 Å². The molecule has 1 amide bonds. The number of benzene rings is 1. The summed E-state index contributed by atoms with van der Waals surface area (Å²) in [5.74, 6) is -1.46. The van der Waals surface area contributed by atoms with E-state index in [-0.39, 0.29) is 5.91 Å². The van der Waals surface area contributed by atoms with Gasteiger partial charge >= 0.3 is 5.97 Å². The Morgan fingerprint density at radius 1 is 1.25 bits per heavy atom. The molecule has 4 heteroatoms. The molecule has 0 atom stereocenters. The monoisotopic (exact) mass is 219 g/mol. The summed E-state index contributed by atoms with van der Waals surface area (Å²) in [6.07, 6.45) is 1.90. The highest BCUT2D eigenvalue weighted by molar-refractivity contribution is 6.03. The number of likely N-dealkylation sites (N-methyl/N-ethyl adjacent to an activating group) is 1. The number of hydrogen-bond acceptors (Lipinski definition) is 2. The summed E-state index contributed by atoms with van der Waals surface area (Å²) in [7, 11) is 0. The summed E-state index contributed by atoms with van der Waals surface area (Å²) >= 11 is 0. The van der Waals surface area contributed by atoms with Crippen molar-refractivity contribution in [2.45, 2.75) is 6.92 Å². The molecule has 0 aliphatic heterocycles. The van der Waals surface area contributed by atoms with Gasteiger partial charge in [0.25, 0.3) is 5.91 Å². The van der Waals surface area contributed by atoms with E-state index in [0.717, 1.165) is 17.8 Å². The second-order valence-corrected chi connectivity index (χ2v) is 3.09. The molecule has 1 N–H and O–H groups in total. The Balaban J connectivity index is 2.83. The molecule has 0 bridgehead atoms. The summed E-state index contributed by atoms with van der Waals surface area (Å²) < 4.78 is 0. The Morgan fingerprint density at radius 2 is 1.88 bits per heavy atom. The molecular formula is C12H13NO3. The highest BCUT2D eigenvalue weighted by Gasteiger charge is 2.10. The number of amides is 1. The third-order valence-corrected chi connectivity index (χ3v) is 2.02. The molecule has 0 spiro atoms. The Bertz CT molecular complexity index is 398. The number of rotatable bonds is 4. The molecule has 1 aromatic rings. The molecule has 0 saturated heterocycles. The molecule has 0 radical (unpaired) electrons. The first kappa shape index (κ1) is 12.0. The topological polar surface area (TPSA) is 57.6 Å². The van der Waals surface area contributed by atoms with E-state index in [2.05, 4.69) is 0 Å². The lowest BCUT2D eigenvalue weighted by molar-refractivity contribution is -0.131. The number of carboxylic acids is 1. The molecule has 0 unspecified atom stereocenters. The zero-order valence-corrected chi connectivity index (χ0v) is 8.96. The van der Waals surface area contributed by atoms with Gasteiger partial charge in [-0.05, 0) is 19.1 Å². The van der Waals surface area contributed by atoms with E-state index in [1.165, 1.54) is 4.90 Å². The molecule has 0 aromatic heterocycles. The standard InChI is InChI=1S/C12H13NO3/c1-2-13(10-6-4-3-5-7-10)11(14)8-9-12(15)16/h3-9H,2H2,1H3,(H,15,16). The summed E-state index contributed by atoms with van der Waals surface area (Å²) in [6.45, 7) is 2.33. The molecule has 0 heterocycles. The maximum atomic E-state index is 11.7. The van der Waals surface area contributed by atoms with E-state index >= 15 is 0 Å². The van der Waals surface area contributed by atoms with Gasteiger partial charge in [0.2, 0.25) is 0 Å². The average Bonchev–Trinajstić information content (AvgIpc) is 2.29. The number of nitrogens with zero attached hydrogens (tertiary/aromatic N) is 1.